The quantitative estimate of drug-likeness (QED) is 0.588. The summed E-state index contributed by atoms with van der Waals surface area (Å²) < 4.78 is 5.25. The fraction of sp³-hybridized carbons (Fsp3) is 0.316. The molecule has 6 nitrogen and oxygen atoms in total. The first-order valence-electron chi connectivity index (χ1n) is 8.49. The zero-order valence-electron chi connectivity index (χ0n) is 14.8. The number of rotatable bonds is 6. The number of ether oxygens (including phenoxy) is 1. The number of anilines is 1. The molecule has 26 heavy (non-hydrogen) atoms. The number of aliphatic hydroxyl groups excluding tert-OH is 1. The zero-order valence-corrected chi connectivity index (χ0v) is 15.6. The summed E-state index contributed by atoms with van der Waals surface area (Å²) in [5.41, 5.74) is 2.40. The molecule has 7 heteroatoms. The predicted octanol–water partition coefficient (Wildman–Crippen LogP) is 4.17. The zero-order chi connectivity index (χ0) is 18.7. The number of benzene rings is 1. The Hall–Kier alpha value is -2.67. The van der Waals surface area contributed by atoms with Crippen LogP contribution in [-0.2, 0) is 4.74 Å². The minimum absolute atomic E-state index is 0.111. The van der Waals surface area contributed by atoms with Gasteiger partial charge in [-0.1, -0.05) is 19.4 Å². The van der Waals surface area contributed by atoms with E-state index in [-0.39, 0.29) is 24.1 Å². The Kier molecular flexibility index (Phi) is 5.37. The number of nitrogens with one attached hydrogen (secondary N) is 1. The summed E-state index contributed by atoms with van der Waals surface area (Å²) in [5.74, 6) is -0.0902. The van der Waals surface area contributed by atoms with Gasteiger partial charge in [-0.2, -0.15) is 0 Å². The first-order valence-corrected chi connectivity index (χ1v) is 9.37. The van der Waals surface area contributed by atoms with Crippen LogP contribution in [0.4, 0.5) is 5.69 Å². The van der Waals surface area contributed by atoms with E-state index in [0.29, 0.717) is 28.4 Å². The molecule has 2 heterocycles. The predicted molar refractivity (Wildman–Crippen MR) is 103 cm³/mol. The SMILES string of the molecule is CCCCOC(=O)c1cccc(N2CC(O)=C(c3nc(C)cs3)C2=N)c1. The summed E-state index contributed by atoms with van der Waals surface area (Å²) in [4.78, 5) is 18.2. The number of esters is 1. The van der Waals surface area contributed by atoms with Crippen molar-refractivity contribution in [2.24, 2.45) is 0 Å². The van der Waals surface area contributed by atoms with Gasteiger partial charge in [0.2, 0.25) is 0 Å². The lowest BCUT2D eigenvalue weighted by atomic mass is 10.2. The van der Waals surface area contributed by atoms with E-state index in [1.807, 2.05) is 19.2 Å². The Morgan fingerprint density at radius 3 is 2.96 bits per heavy atom. The van der Waals surface area contributed by atoms with Crippen molar-refractivity contribution in [2.45, 2.75) is 26.7 Å². The van der Waals surface area contributed by atoms with Crippen molar-refractivity contribution in [3.8, 4) is 0 Å². The van der Waals surface area contributed by atoms with Crippen LogP contribution in [-0.4, -0.2) is 35.0 Å². The second-order valence-corrected chi connectivity index (χ2v) is 6.95. The van der Waals surface area contributed by atoms with E-state index in [0.717, 1.165) is 18.5 Å². The van der Waals surface area contributed by atoms with Crippen molar-refractivity contribution < 1.29 is 14.6 Å². The van der Waals surface area contributed by atoms with Crippen LogP contribution < -0.4 is 4.90 Å². The van der Waals surface area contributed by atoms with Gasteiger partial charge in [-0.25, -0.2) is 9.78 Å². The minimum Gasteiger partial charge on any atom is -0.510 e. The molecule has 2 aromatic rings. The summed E-state index contributed by atoms with van der Waals surface area (Å²) in [6.07, 6.45) is 1.79. The highest BCUT2D eigenvalue weighted by atomic mass is 32.1. The van der Waals surface area contributed by atoms with Gasteiger partial charge in [0.05, 0.1) is 24.3 Å². The maximum Gasteiger partial charge on any atom is 0.338 e. The number of carbonyl (C=O) groups is 1. The molecule has 3 rings (SSSR count). The van der Waals surface area contributed by atoms with E-state index in [1.165, 1.54) is 11.3 Å². The highest BCUT2D eigenvalue weighted by molar-refractivity contribution is 7.11. The average molecular weight is 371 g/mol. The van der Waals surface area contributed by atoms with E-state index < -0.39 is 0 Å². The Morgan fingerprint density at radius 2 is 2.27 bits per heavy atom. The smallest absolute Gasteiger partial charge is 0.338 e. The number of aliphatic hydroxyl groups is 1. The van der Waals surface area contributed by atoms with E-state index in [9.17, 15) is 9.90 Å². The van der Waals surface area contributed by atoms with Gasteiger partial charge in [0.1, 0.15) is 16.6 Å². The Labute approximate surface area is 156 Å². The molecule has 0 saturated carbocycles. The molecule has 1 aliphatic rings. The Bertz CT molecular complexity index is 872. The summed E-state index contributed by atoms with van der Waals surface area (Å²) >= 11 is 1.40. The molecule has 0 atom stereocenters. The van der Waals surface area contributed by atoms with E-state index in [4.69, 9.17) is 10.1 Å². The highest BCUT2D eigenvalue weighted by Gasteiger charge is 2.31. The van der Waals surface area contributed by atoms with Crippen molar-refractivity contribution in [1.82, 2.24) is 4.98 Å². The molecule has 1 aromatic carbocycles. The van der Waals surface area contributed by atoms with Gasteiger partial charge in [-0.05, 0) is 31.5 Å². The molecule has 0 fully saturated rings. The van der Waals surface area contributed by atoms with Crippen molar-refractivity contribution in [3.05, 3.63) is 51.7 Å². The molecule has 0 radical (unpaired) electrons. The summed E-state index contributed by atoms with van der Waals surface area (Å²) in [5, 5.41) is 21.3. The van der Waals surface area contributed by atoms with E-state index in [1.54, 1.807) is 29.2 Å². The van der Waals surface area contributed by atoms with E-state index in [2.05, 4.69) is 4.98 Å². The molecule has 2 N–H and O–H groups in total. The number of carbonyl (C=O) groups excluding carboxylic acids is 1. The van der Waals surface area contributed by atoms with Gasteiger partial charge in [0, 0.05) is 16.8 Å². The van der Waals surface area contributed by atoms with Crippen molar-refractivity contribution in [2.75, 3.05) is 18.1 Å². The summed E-state index contributed by atoms with van der Waals surface area (Å²) in [6, 6.07) is 6.93. The maximum atomic E-state index is 12.2. The summed E-state index contributed by atoms with van der Waals surface area (Å²) in [6.45, 7) is 4.49. The molecule has 0 amide bonds. The number of nitrogens with zero attached hydrogens (tertiary/aromatic N) is 2. The van der Waals surface area contributed by atoms with Crippen LogP contribution in [0.15, 0.2) is 35.4 Å². The Morgan fingerprint density at radius 1 is 1.46 bits per heavy atom. The standard InChI is InChI=1S/C19H21N3O3S/c1-3-4-8-25-19(24)13-6-5-7-14(9-13)22-10-15(23)16(17(22)20)18-21-12(2)11-26-18/h5-7,9,11,20,23H,3-4,8,10H2,1-2H3. The van der Waals surface area contributed by atoms with Crippen molar-refractivity contribution in [3.63, 3.8) is 0 Å². The first kappa shape index (κ1) is 18.1. The van der Waals surface area contributed by atoms with E-state index >= 15 is 0 Å². The second-order valence-electron chi connectivity index (χ2n) is 6.09. The van der Waals surface area contributed by atoms with Crippen LogP contribution in [0.3, 0.4) is 0 Å². The average Bonchev–Trinajstić information content (AvgIpc) is 3.17. The van der Waals surface area contributed by atoms with Gasteiger partial charge in [0.25, 0.3) is 0 Å². The number of hydrogen-bond acceptors (Lipinski definition) is 6. The molecule has 0 bridgehead atoms. The lowest BCUT2D eigenvalue weighted by Gasteiger charge is -2.19. The van der Waals surface area contributed by atoms with Crippen molar-refractivity contribution >= 4 is 34.4 Å². The number of hydrogen-bond donors (Lipinski definition) is 2. The molecule has 0 spiro atoms. The third-order valence-corrected chi connectivity index (χ3v) is 5.04. The van der Waals surface area contributed by atoms with Crippen LogP contribution in [0.25, 0.3) is 5.57 Å². The number of aromatic nitrogens is 1. The summed E-state index contributed by atoms with van der Waals surface area (Å²) in [7, 11) is 0. The first-order chi connectivity index (χ1) is 12.5. The van der Waals surface area contributed by atoms with Crippen LogP contribution in [0.2, 0.25) is 0 Å². The number of unbranched alkanes of at least 4 members (excludes halogenated alkanes) is 1. The molecule has 1 aliphatic heterocycles. The van der Waals surface area contributed by atoms with Crippen LogP contribution in [0.1, 0.15) is 40.8 Å². The van der Waals surface area contributed by atoms with Gasteiger partial charge in [-0.15, -0.1) is 11.3 Å². The van der Waals surface area contributed by atoms with Crippen LogP contribution in [0, 0.1) is 12.3 Å². The van der Waals surface area contributed by atoms with Gasteiger partial charge in [-0.3, -0.25) is 5.41 Å². The molecule has 0 aliphatic carbocycles. The van der Waals surface area contributed by atoms with Crippen LogP contribution in [0.5, 0.6) is 0 Å². The largest absolute Gasteiger partial charge is 0.510 e. The molecular formula is C19H21N3O3S. The molecule has 1 aromatic heterocycles. The third-order valence-electron chi connectivity index (χ3n) is 4.06. The van der Waals surface area contributed by atoms with Crippen LogP contribution >= 0.6 is 11.3 Å². The van der Waals surface area contributed by atoms with Gasteiger partial charge < -0.3 is 14.7 Å². The molecular weight excluding hydrogens is 350 g/mol. The maximum absolute atomic E-state index is 12.2. The Balaban J connectivity index is 1.79. The minimum atomic E-state index is -0.376. The van der Waals surface area contributed by atoms with Gasteiger partial charge >= 0.3 is 5.97 Å². The second kappa shape index (κ2) is 7.70. The number of thiazole rings is 1. The molecule has 0 unspecified atom stereocenters. The third kappa shape index (κ3) is 3.62. The van der Waals surface area contributed by atoms with Crippen molar-refractivity contribution in [1.29, 1.82) is 5.41 Å². The normalized spacial score (nSPS) is 14.2. The molecule has 136 valence electrons. The fourth-order valence-electron chi connectivity index (χ4n) is 2.69. The lowest BCUT2D eigenvalue weighted by molar-refractivity contribution is 0.0500. The highest BCUT2D eigenvalue weighted by Crippen LogP contribution is 2.32. The topological polar surface area (TPSA) is 86.5 Å². The number of amidine groups is 1. The number of aryl methyl sites for hydroxylation is 1. The van der Waals surface area contributed by atoms with Gasteiger partial charge in [0.15, 0.2) is 0 Å². The lowest BCUT2D eigenvalue weighted by Crippen LogP contribution is -2.26. The molecule has 0 saturated heterocycles. The monoisotopic (exact) mass is 371 g/mol. The fourth-order valence-corrected chi connectivity index (χ4v) is 3.55.